The maximum absolute atomic E-state index is 5.61. The lowest BCUT2D eigenvalue weighted by atomic mass is 10.0. The maximum atomic E-state index is 5.61. The lowest BCUT2D eigenvalue weighted by Crippen LogP contribution is -2.36. The van der Waals surface area contributed by atoms with E-state index in [-0.39, 0.29) is 0 Å². The molecule has 0 saturated carbocycles. The highest BCUT2D eigenvalue weighted by Gasteiger charge is 2.13. The molecule has 0 spiro atoms. The molecule has 1 saturated heterocycles. The first-order valence-corrected chi connectivity index (χ1v) is 8.66. The van der Waals surface area contributed by atoms with Crippen molar-refractivity contribution in [3.63, 3.8) is 0 Å². The Kier molecular flexibility index (Phi) is 4.48. The number of benzene rings is 2. The fourth-order valence-corrected chi connectivity index (χ4v) is 3.06. The van der Waals surface area contributed by atoms with Gasteiger partial charge in [0.25, 0.3) is 0 Å². The summed E-state index contributed by atoms with van der Waals surface area (Å²) in [4.78, 5) is 11.6. The van der Waals surface area contributed by atoms with Gasteiger partial charge < -0.3 is 14.4 Å². The molecular weight excluding hydrogens is 314 g/mol. The first kappa shape index (κ1) is 15.8. The van der Waals surface area contributed by atoms with Gasteiger partial charge in [-0.1, -0.05) is 18.2 Å². The summed E-state index contributed by atoms with van der Waals surface area (Å²) in [6.45, 7) is 5.85. The second-order valence-corrected chi connectivity index (χ2v) is 5.99. The molecule has 2 heterocycles. The number of anilines is 1. The number of nitrogens with zero attached hydrogens (tertiary/aromatic N) is 3. The van der Waals surface area contributed by atoms with Crippen LogP contribution in [0.5, 0.6) is 5.75 Å². The van der Waals surface area contributed by atoms with Crippen LogP contribution >= 0.6 is 0 Å². The zero-order valence-corrected chi connectivity index (χ0v) is 14.3. The number of fused-ring (bicyclic) bond motifs is 1. The molecule has 0 atom stereocenters. The van der Waals surface area contributed by atoms with Crippen molar-refractivity contribution in [2.24, 2.45) is 0 Å². The van der Waals surface area contributed by atoms with E-state index in [1.165, 1.54) is 0 Å². The van der Waals surface area contributed by atoms with E-state index in [4.69, 9.17) is 14.5 Å². The highest BCUT2D eigenvalue weighted by molar-refractivity contribution is 5.82. The van der Waals surface area contributed by atoms with E-state index in [2.05, 4.69) is 34.1 Å². The Morgan fingerprint density at radius 2 is 1.88 bits per heavy atom. The van der Waals surface area contributed by atoms with E-state index in [1.54, 1.807) is 0 Å². The maximum Gasteiger partial charge on any atom is 0.148 e. The van der Waals surface area contributed by atoms with Gasteiger partial charge in [-0.05, 0) is 42.3 Å². The molecule has 4 rings (SSSR count). The monoisotopic (exact) mass is 335 g/mol. The molecule has 0 unspecified atom stereocenters. The molecule has 0 bridgehead atoms. The normalized spacial score (nSPS) is 14.7. The molecule has 2 aromatic carbocycles. The van der Waals surface area contributed by atoms with E-state index in [1.807, 2.05) is 31.3 Å². The van der Waals surface area contributed by atoms with Gasteiger partial charge in [-0.3, -0.25) is 4.98 Å². The largest absolute Gasteiger partial charge is 0.494 e. The van der Waals surface area contributed by atoms with Crippen molar-refractivity contribution in [3.8, 4) is 16.9 Å². The number of hydrogen-bond acceptors (Lipinski definition) is 5. The van der Waals surface area contributed by atoms with Crippen LogP contribution in [0.1, 0.15) is 6.92 Å². The van der Waals surface area contributed by atoms with Crippen molar-refractivity contribution in [3.05, 3.63) is 48.7 Å². The van der Waals surface area contributed by atoms with Gasteiger partial charge in [0, 0.05) is 13.1 Å². The van der Waals surface area contributed by atoms with Crippen molar-refractivity contribution in [1.82, 2.24) is 9.97 Å². The van der Waals surface area contributed by atoms with E-state index >= 15 is 0 Å². The minimum atomic E-state index is 0.662. The Hall–Kier alpha value is -2.66. The summed E-state index contributed by atoms with van der Waals surface area (Å²) in [5.74, 6) is 1.80. The first-order valence-electron chi connectivity index (χ1n) is 8.66. The molecule has 5 heteroatoms. The zero-order chi connectivity index (χ0) is 17.1. The minimum absolute atomic E-state index is 0.662. The van der Waals surface area contributed by atoms with Gasteiger partial charge in [-0.15, -0.1) is 0 Å². The Morgan fingerprint density at radius 3 is 2.72 bits per heavy atom. The smallest absolute Gasteiger partial charge is 0.148 e. The molecule has 0 N–H and O–H groups in total. The summed E-state index contributed by atoms with van der Waals surface area (Å²) in [5.41, 5.74) is 4.04. The third-order valence-electron chi connectivity index (χ3n) is 4.34. The molecule has 1 fully saturated rings. The van der Waals surface area contributed by atoms with Crippen molar-refractivity contribution < 1.29 is 9.47 Å². The van der Waals surface area contributed by atoms with Crippen LogP contribution in [0, 0.1) is 0 Å². The summed E-state index contributed by atoms with van der Waals surface area (Å²) < 4.78 is 11.0. The van der Waals surface area contributed by atoms with Gasteiger partial charge in [-0.2, -0.15) is 0 Å². The van der Waals surface area contributed by atoms with E-state index < -0.39 is 0 Å². The van der Waals surface area contributed by atoms with Crippen molar-refractivity contribution in [2.75, 3.05) is 37.8 Å². The van der Waals surface area contributed by atoms with Crippen molar-refractivity contribution >= 4 is 16.9 Å². The molecule has 1 aliphatic rings. The molecule has 128 valence electrons. The summed E-state index contributed by atoms with van der Waals surface area (Å²) in [6.07, 6.45) is 1.85. The topological polar surface area (TPSA) is 47.5 Å². The molecular formula is C20H21N3O2. The van der Waals surface area contributed by atoms with Crippen molar-refractivity contribution in [2.45, 2.75) is 6.92 Å². The van der Waals surface area contributed by atoms with Gasteiger partial charge in [0.1, 0.15) is 11.6 Å². The van der Waals surface area contributed by atoms with Crippen molar-refractivity contribution in [1.29, 1.82) is 0 Å². The predicted molar refractivity (Wildman–Crippen MR) is 99.2 cm³/mol. The van der Waals surface area contributed by atoms with Crippen LogP contribution in [0.15, 0.2) is 48.7 Å². The Labute approximate surface area is 147 Å². The molecule has 1 aliphatic heterocycles. The van der Waals surface area contributed by atoms with Gasteiger partial charge in [-0.25, -0.2) is 4.98 Å². The van der Waals surface area contributed by atoms with Crippen LogP contribution in [0.4, 0.5) is 5.82 Å². The van der Waals surface area contributed by atoms with Crippen LogP contribution < -0.4 is 9.64 Å². The second-order valence-electron chi connectivity index (χ2n) is 5.99. The fraction of sp³-hybridized carbons (Fsp3) is 0.300. The highest BCUT2D eigenvalue weighted by Crippen LogP contribution is 2.27. The van der Waals surface area contributed by atoms with Crippen LogP contribution in [0.2, 0.25) is 0 Å². The Balaban J connectivity index is 1.69. The summed E-state index contributed by atoms with van der Waals surface area (Å²) in [6, 6.07) is 14.3. The first-order chi connectivity index (χ1) is 12.3. The van der Waals surface area contributed by atoms with E-state index in [9.17, 15) is 0 Å². The fourth-order valence-electron chi connectivity index (χ4n) is 3.06. The average Bonchev–Trinajstić information content (AvgIpc) is 2.68. The lowest BCUT2D eigenvalue weighted by molar-refractivity contribution is 0.122. The summed E-state index contributed by atoms with van der Waals surface area (Å²) >= 11 is 0. The van der Waals surface area contributed by atoms with E-state index in [0.29, 0.717) is 6.61 Å². The van der Waals surface area contributed by atoms with Gasteiger partial charge in [0.05, 0.1) is 37.1 Å². The molecule has 0 radical (unpaired) electrons. The van der Waals surface area contributed by atoms with Crippen LogP contribution in [0.3, 0.4) is 0 Å². The predicted octanol–water partition coefficient (Wildman–Crippen LogP) is 3.53. The zero-order valence-electron chi connectivity index (χ0n) is 14.3. The second kappa shape index (κ2) is 7.07. The van der Waals surface area contributed by atoms with Crippen LogP contribution in [-0.4, -0.2) is 42.9 Å². The number of morpholine rings is 1. The van der Waals surface area contributed by atoms with Gasteiger partial charge >= 0.3 is 0 Å². The van der Waals surface area contributed by atoms with E-state index in [0.717, 1.165) is 60.0 Å². The quantitative estimate of drug-likeness (QED) is 0.730. The number of hydrogen-bond donors (Lipinski definition) is 0. The Bertz CT molecular complexity index is 876. The third-order valence-corrected chi connectivity index (χ3v) is 4.34. The number of rotatable bonds is 4. The molecule has 25 heavy (non-hydrogen) atoms. The lowest BCUT2D eigenvalue weighted by Gasteiger charge is -2.27. The standard InChI is InChI=1S/C20H21N3O2/c1-2-25-17-5-3-4-15(12-17)16-6-7-18-19(13-16)22-20(14-21-18)23-8-10-24-11-9-23/h3-7,12-14H,2,8-11H2,1H3. The van der Waals surface area contributed by atoms with Crippen LogP contribution in [-0.2, 0) is 4.74 Å². The van der Waals surface area contributed by atoms with Gasteiger partial charge in [0.2, 0.25) is 0 Å². The summed E-state index contributed by atoms with van der Waals surface area (Å²) in [5, 5.41) is 0. The molecule has 0 amide bonds. The van der Waals surface area contributed by atoms with Crippen LogP contribution in [0.25, 0.3) is 22.2 Å². The molecule has 5 nitrogen and oxygen atoms in total. The SMILES string of the molecule is CCOc1cccc(-c2ccc3ncc(N4CCOCC4)nc3c2)c1. The molecule has 3 aromatic rings. The third kappa shape index (κ3) is 3.42. The Morgan fingerprint density at radius 1 is 1.04 bits per heavy atom. The summed E-state index contributed by atoms with van der Waals surface area (Å²) in [7, 11) is 0. The minimum Gasteiger partial charge on any atom is -0.494 e. The molecule has 1 aromatic heterocycles. The van der Waals surface area contributed by atoms with Gasteiger partial charge in [0.15, 0.2) is 0 Å². The number of ether oxygens (including phenoxy) is 2. The highest BCUT2D eigenvalue weighted by atomic mass is 16.5. The number of aromatic nitrogens is 2. The average molecular weight is 335 g/mol. The molecule has 0 aliphatic carbocycles.